The highest BCUT2D eigenvalue weighted by atomic mass is 35.5. The molecule has 0 atom stereocenters. The Morgan fingerprint density at radius 3 is 2.13 bits per heavy atom. The summed E-state index contributed by atoms with van der Waals surface area (Å²) in [5.74, 6) is -3.28. The van der Waals surface area contributed by atoms with Gasteiger partial charge >= 0.3 is 6.03 Å². The number of carbonyl (C=O) groups excluding carboxylic acids is 4. The molecule has 1 aromatic rings. The second kappa shape index (κ2) is 6.67. The van der Waals surface area contributed by atoms with E-state index in [0.29, 0.717) is 0 Å². The van der Waals surface area contributed by atoms with Gasteiger partial charge in [-0.15, -0.1) is 0 Å². The highest BCUT2D eigenvalue weighted by Gasteiger charge is 2.27. The van der Waals surface area contributed by atoms with Crippen molar-refractivity contribution in [2.45, 2.75) is 0 Å². The van der Waals surface area contributed by atoms with Gasteiger partial charge in [0.05, 0.1) is 16.0 Å². The highest BCUT2D eigenvalue weighted by molar-refractivity contribution is 6.37. The average Bonchev–Trinajstić information content (AvgIpc) is 2.41. The largest absolute Gasteiger partial charge is 0.546 e. The fourth-order valence-electron chi connectivity index (χ4n) is 1.70. The van der Waals surface area contributed by atoms with Gasteiger partial charge in [0.25, 0.3) is 11.8 Å². The van der Waals surface area contributed by atoms with Crippen molar-refractivity contribution in [3.8, 4) is 5.75 Å². The second-order valence-electron chi connectivity index (χ2n) is 4.27. The topological polar surface area (TPSA) is 125 Å². The Morgan fingerprint density at radius 2 is 1.65 bits per heavy atom. The van der Waals surface area contributed by atoms with Crippen molar-refractivity contribution in [1.29, 1.82) is 0 Å². The standard InChI is InChI=1S/C13H8Cl2N2O6/c14-7-2-5(3-8(15)10(7)23-4-9(18)19)1-6-11(20)16-13(22)17-12(6)21/h1-3H,4H2,(H,18,19)(H2,16,17,20,21,22)/p-1. The molecule has 8 nitrogen and oxygen atoms in total. The molecule has 1 aliphatic rings. The summed E-state index contributed by atoms with van der Waals surface area (Å²) in [4.78, 5) is 44.6. The van der Waals surface area contributed by atoms with Crippen molar-refractivity contribution in [1.82, 2.24) is 10.6 Å². The fraction of sp³-hybridized carbons (Fsp3) is 0.0769. The lowest BCUT2D eigenvalue weighted by Gasteiger charge is -2.14. The molecule has 1 heterocycles. The quantitative estimate of drug-likeness (QED) is 0.571. The molecule has 1 aromatic carbocycles. The van der Waals surface area contributed by atoms with Crippen LogP contribution in [0.1, 0.15) is 5.56 Å². The second-order valence-corrected chi connectivity index (χ2v) is 5.08. The molecular formula is C13H7Cl2N2O6-. The summed E-state index contributed by atoms with van der Waals surface area (Å²) in [5.41, 5.74) is -0.0458. The van der Waals surface area contributed by atoms with Gasteiger partial charge in [-0.2, -0.15) is 0 Å². The number of hydrogen-bond donors (Lipinski definition) is 2. The number of imide groups is 2. The van der Waals surface area contributed by atoms with E-state index in [1.54, 1.807) is 0 Å². The van der Waals surface area contributed by atoms with Crippen LogP contribution in [0.15, 0.2) is 17.7 Å². The third kappa shape index (κ3) is 3.99. The maximum Gasteiger partial charge on any atom is 0.328 e. The minimum atomic E-state index is -1.46. The minimum Gasteiger partial charge on any atom is -0.546 e. The van der Waals surface area contributed by atoms with E-state index in [1.165, 1.54) is 12.1 Å². The molecule has 1 fully saturated rings. The molecule has 2 N–H and O–H groups in total. The number of amides is 4. The Kier molecular flexibility index (Phi) is 4.87. The van der Waals surface area contributed by atoms with Crippen LogP contribution in [0.4, 0.5) is 4.79 Å². The first-order valence-electron chi connectivity index (χ1n) is 5.98. The summed E-state index contributed by atoms with van der Waals surface area (Å²) in [5, 5.41) is 14.1. The van der Waals surface area contributed by atoms with Crippen LogP contribution < -0.4 is 20.5 Å². The molecule has 4 amide bonds. The van der Waals surface area contributed by atoms with E-state index in [1.807, 2.05) is 10.6 Å². The van der Waals surface area contributed by atoms with Gasteiger partial charge in [0.2, 0.25) is 0 Å². The van der Waals surface area contributed by atoms with E-state index in [-0.39, 0.29) is 26.9 Å². The SMILES string of the molecule is O=C([O-])COc1c(Cl)cc(C=C2C(=O)NC(=O)NC2=O)cc1Cl. The monoisotopic (exact) mass is 357 g/mol. The average molecular weight is 358 g/mol. The van der Waals surface area contributed by atoms with Crippen molar-refractivity contribution in [2.24, 2.45) is 0 Å². The maximum absolute atomic E-state index is 11.6. The number of carboxylic acids is 1. The zero-order valence-corrected chi connectivity index (χ0v) is 12.7. The Bertz CT molecular complexity index is 714. The van der Waals surface area contributed by atoms with E-state index in [0.717, 1.165) is 6.08 Å². The molecule has 0 spiro atoms. The summed E-state index contributed by atoms with van der Waals surface area (Å²) >= 11 is 11.8. The summed E-state index contributed by atoms with van der Waals surface area (Å²) in [6.45, 7) is -0.743. The number of urea groups is 1. The van der Waals surface area contributed by atoms with Crippen LogP contribution in [0.3, 0.4) is 0 Å². The molecule has 0 saturated carbocycles. The third-order valence-electron chi connectivity index (χ3n) is 2.61. The molecule has 2 rings (SSSR count). The number of rotatable bonds is 4. The van der Waals surface area contributed by atoms with Gasteiger partial charge < -0.3 is 14.6 Å². The van der Waals surface area contributed by atoms with E-state index in [9.17, 15) is 24.3 Å². The molecule has 0 aromatic heterocycles. The number of barbiturate groups is 1. The van der Waals surface area contributed by atoms with Crippen LogP contribution >= 0.6 is 23.2 Å². The zero-order chi connectivity index (χ0) is 17.1. The summed E-state index contributed by atoms with van der Waals surface area (Å²) in [6, 6.07) is 1.70. The van der Waals surface area contributed by atoms with Crippen molar-refractivity contribution < 1.29 is 29.0 Å². The maximum atomic E-state index is 11.6. The van der Waals surface area contributed by atoms with Crippen molar-refractivity contribution in [2.75, 3.05) is 6.61 Å². The lowest BCUT2D eigenvalue weighted by molar-refractivity contribution is -0.307. The zero-order valence-electron chi connectivity index (χ0n) is 11.1. The van der Waals surface area contributed by atoms with Crippen LogP contribution in [-0.2, 0) is 14.4 Å². The van der Waals surface area contributed by atoms with Gasteiger partial charge in [-0.3, -0.25) is 20.2 Å². The van der Waals surface area contributed by atoms with E-state index >= 15 is 0 Å². The number of carboxylic acid groups (broad SMARTS) is 1. The normalized spacial score (nSPS) is 14.2. The van der Waals surface area contributed by atoms with Gasteiger partial charge in [0, 0.05) is 0 Å². The third-order valence-corrected chi connectivity index (χ3v) is 3.17. The smallest absolute Gasteiger partial charge is 0.328 e. The number of aliphatic carboxylic acids is 1. The number of benzene rings is 1. The predicted octanol–water partition coefficient (Wildman–Crippen LogP) is -0.129. The van der Waals surface area contributed by atoms with E-state index in [2.05, 4.69) is 0 Å². The Morgan fingerprint density at radius 1 is 1.13 bits per heavy atom. The van der Waals surface area contributed by atoms with Gasteiger partial charge in [-0.25, -0.2) is 4.79 Å². The molecule has 120 valence electrons. The first kappa shape index (κ1) is 16.8. The van der Waals surface area contributed by atoms with E-state index < -0.39 is 30.4 Å². The molecule has 0 radical (unpaired) electrons. The molecule has 23 heavy (non-hydrogen) atoms. The number of carbonyl (C=O) groups is 4. The van der Waals surface area contributed by atoms with Crippen molar-refractivity contribution >= 4 is 53.1 Å². The predicted molar refractivity (Wildman–Crippen MR) is 76.6 cm³/mol. The lowest BCUT2D eigenvalue weighted by Crippen LogP contribution is -2.51. The van der Waals surface area contributed by atoms with Crippen LogP contribution in [0, 0.1) is 0 Å². The number of nitrogens with one attached hydrogen (secondary N) is 2. The lowest BCUT2D eigenvalue weighted by atomic mass is 10.1. The summed E-state index contributed by atoms with van der Waals surface area (Å²) < 4.78 is 4.88. The molecule has 1 saturated heterocycles. The van der Waals surface area contributed by atoms with E-state index in [4.69, 9.17) is 27.9 Å². The molecule has 0 aliphatic carbocycles. The highest BCUT2D eigenvalue weighted by Crippen LogP contribution is 2.34. The Hall–Kier alpha value is -2.58. The van der Waals surface area contributed by atoms with Gasteiger partial charge in [-0.05, 0) is 23.8 Å². The van der Waals surface area contributed by atoms with Crippen molar-refractivity contribution in [3.63, 3.8) is 0 Å². The first-order valence-corrected chi connectivity index (χ1v) is 6.73. The van der Waals surface area contributed by atoms with Gasteiger partial charge in [0.15, 0.2) is 5.75 Å². The molecule has 10 heteroatoms. The van der Waals surface area contributed by atoms with Crippen LogP contribution in [-0.4, -0.2) is 30.4 Å². The van der Waals surface area contributed by atoms with Crippen LogP contribution in [0.25, 0.3) is 6.08 Å². The molecular weight excluding hydrogens is 351 g/mol. The Labute approximate surface area is 139 Å². The first-order chi connectivity index (χ1) is 10.8. The fourth-order valence-corrected chi connectivity index (χ4v) is 2.32. The molecule has 0 bridgehead atoms. The van der Waals surface area contributed by atoms with Crippen LogP contribution in [0.2, 0.25) is 10.0 Å². The van der Waals surface area contributed by atoms with Gasteiger partial charge in [-0.1, -0.05) is 23.2 Å². The summed E-state index contributed by atoms with van der Waals surface area (Å²) in [7, 11) is 0. The Balaban J connectivity index is 2.32. The number of hydrogen-bond acceptors (Lipinski definition) is 6. The van der Waals surface area contributed by atoms with Crippen LogP contribution in [0.5, 0.6) is 5.75 Å². The minimum absolute atomic E-state index is 0.0293. The van der Waals surface area contributed by atoms with Gasteiger partial charge in [0.1, 0.15) is 12.2 Å². The molecule has 0 unspecified atom stereocenters. The number of halogens is 2. The molecule has 1 aliphatic heterocycles. The number of ether oxygens (including phenoxy) is 1. The van der Waals surface area contributed by atoms with Crippen molar-refractivity contribution in [3.05, 3.63) is 33.3 Å². The summed E-state index contributed by atoms with van der Waals surface area (Å²) in [6.07, 6.45) is 1.16.